The summed E-state index contributed by atoms with van der Waals surface area (Å²) in [7, 11) is 1.55. The number of hydrogen-bond acceptors (Lipinski definition) is 3. The summed E-state index contributed by atoms with van der Waals surface area (Å²) in [5.41, 5.74) is 5.01. The van der Waals surface area contributed by atoms with Crippen LogP contribution in [0.5, 0.6) is 0 Å². The number of halogens is 2. The van der Waals surface area contributed by atoms with Gasteiger partial charge in [-0.05, 0) is 13.1 Å². The maximum Gasteiger partial charge on any atom is 0.146 e. The van der Waals surface area contributed by atoms with E-state index in [4.69, 9.17) is 10.8 Å². The first-order chi connectivity index (χ1) is 6.60. The quantitative estimate of drug-likeness (QED) is 0.635. The first-order valence-corrected chi connectivity index (χ1v) is 4.12. The lowest BCUT2D eigenvalue weighted by molar-refractivity contribution is 0.247. The molecule has 3 nitrogen and oxygen atoms in total. The third-order valence-corrected chi connectivity index (χ3v) is 2.02. The normalized spacial score (nSPS) is 12.9. The predicted molar refractivity (Wildman–Crippen MR) is 49.7 cm³/mol. The molecule has 0 aromatic heterocycles. The predicted octanol–water partition coefficient (Wildman–Crippen LogP) is 0.800. The van der Waals surface area contributed by atoms with Crippen LogP contribution in [0.2, 0.25) is 0 Å². The summed E-state index contributed by atoms with van der Waals surface area (Å²) in [6, 6.07) is 1.28. The Kier molecular flexibility index (Phi) is 3.38. The molecule has 0 bridgehead atoms. The van der Waals surface area contributed by atoms with Gasteiger partial charge in [0.05, 0.1) is 18.3 Å². The number of likely N-dealkylation sites (N-methyl/N-ethyl adjacent to an activating group) is 1. The van der Waals surface area contributed by atoms with E-state index in [1.807, 2.05) is 0 Å². The monoisotopic (exact) mass is 202 g/mol. The average molecular weight is 202 g/mol. The molecule has 0 radical (unpaired) electrons. The van der Waals surface area contributed by atoms with E-state index in [9.17, 15) is 8.78 Å². The van der Waals surface area contributed by atoms with Crippen LogP contribution in [0.3, 0.4) is 0 Å². The fourth-order valence-corrected chi connectivity index (χ4v) is 1.19. The second kappa shape index (κ2) is 4.34. The molecule has 78 valence electrons. The largest absolute Gasteiger partial charge is 0.396 e. The summed E-state index contributed by atoms with van der Waals surface area (Å²) >= 11 is 0. The highest BCUT2D eigenvalue weighted by atomic mass is 19.1. The Morgan fingerprint density at radius 2 is 2.07 bits per heavy atom. The summed E-state index contributed by atoms with van der Waals surface area (Å²) in [5, 5.41) is 11.5. The number of aliphatic hydroxyl groups excluding tert-OH is 1. The molecule has 1 aromatic rings. The van der Waals surface area contributed by atoms with E-state index < -0.39 is 17.7 Å². The second-order valence-corrected chi connectivity index (χ2v) is 2.92. The standard InChI is InChI=1S/C9H12F2N2O/c1-13-9(4-14)5-2-7(11)8(12)3-6(5)10/h2-3,9,13-14H,4,12H2,1H3/t9-/m1/s1. The Morgan fingerprint density at radius 1 is 1.43 bits per heavy atom. The van der Waals surface area contributed by atoms with Crippen molar-refractivity contribution >= 4 is 5.69 Å². The van der Waals surface area contributed by atoms with Gasteiger partial charge in [-0.15, -0.1) is 0 Å². The second-order valence-electron chi connectivity index (χ2n) is 2.92. The van der Waals surface area contributed by atoms with Crippen molar-refractivity contribution < 1.29 is 13.9 Å². The van der Waals surface area contributed by atoms with Crippen molar-refractivity contribution in [3.63, 3.8) is 0 Å². The summed E-state index contributed by atoms with van der Waals surface area (Å²) in [4.78, 5) is 0. The van der Waals surface area contributed by atoms with Gasteiger partial charge in [0.1, 0.15) is 11.6 Å². The number of hydrogen-bond donors (Lipinski definition) is 3. The topological polar surface area (TPSA) is 58.3 Å². The minimum Gasteiger partial charge on any atom is -0.396 e. The van der Waals surface area contributed by atoms with Crippen molar-refractivity contribution in [3.8, 4) is 0 Å². The van der Waals surface area contributed by atoms with Gasteiger partial charge in [0.15, 0.2) is 0 Å². The minimum absolute atomic E-state index is 0.0710. The molecular formula is C9H12F2N2O. The van der Waals surface area contributed by atoms with E-state index in [0.29, 0.717) is 0 Å². The zero-order valence-corrected chi connectivity index (χ0v) is 7.72. The van der Waals surface area contributed by atoms with Gasteiger partial charge >= 0.3 is 0 Å². The lowest BCUT2D eigenvalue weighted by atomic mass is 10.1. The van der Waals surface area contributed by atoms with Gasteiger partial charge in [-0.1, -0.05) is 0 Å². The average Bonchev–Trinajstić information content (AvgIpc) is 2.15. The van der Waals surface area contributed by atoms with Crippen LogP contribution >= 0.6 is 0 Å². The van der Waals surface area contributed by atoms with E-state index in [-0.39, 0.29) is 17.9 Å². The summed E-state index contributed by atoms with van der Waals surface area (Å²) in [6.07, 6.45) is 0. The summed E-state index contributed by atoms with van der Waals surface area (Å²) in [6.45, 7) is -0.309. The van der Waals surface area contributed by atoms with Gasteiger partial charge in [-0.2, -0.15) is 0 Å². The number of aliphatic hydroxyl groups is 1. The molecule has 1 atom stereocenters. The van der Waals surface area contributed by atoms with Crippen molar-refractivity contribution in [3.05, 3.63) is 29.3 Å². The Balaban J connectivity index is 3.14. The number of nitrogens with two attached hydrogens (primary N) is 1. The summed E-state index contributed by atoms with van der Waals surface area (Å²) < 4.78 is 26.2. The first-order valence-electron chi connectivity index (χ1n) is 4.12. The highest BCUT2D eigenvalue weighted by Gasteiger charge is 2.15. The fraction of sp³-hybridized carbons (Fsp3) is 0.333. The molecule has 0 aliphatic heterocycles. The Morgan fingerprint density at radius 3 is 2.57 bits per heavy atom. The van der Waals surface area contributed by atoms with Crippen LogP contribution in [0.1, 0.15) is 11.6 Å². The smallest absolute Gasteiger partial charge is 0.146 e. The third kappa shape index (κ3) is 2.00. The van der Waals surface area contributed by atoms with Crippen LogP contribution < -0.4 is 11.1 Å². The fourth-order valence-electron chi connectivity index (χ4n) is 1.19. The van der Waals surface area contributed by atoms with Crippen molar-refractivity contribution in [2.75, 3.05) is 19.4 Å². The lowest BCUT2D eigenvalue weighted by Gasteiger charge is -2.14. The van der Waals surface area contributed by atoms with E-state index in [1.165, 1.54) is 0 Å². The number of nitrogens with one attached hydrogen (secondary N) is 1. The Labute approximate surface area is 80.5 Å². The van der Waals surface area contributed by atoms with Crippen LogP contribution in [0, 0.1) is 11.6 Å². The SMILES string of the molecule is CN[C@H](CO)c1cc(F)c(N)cc1F. The van der Waals surface area contributed by atoms with E-state index in [1.54, 1.807) is 7.05 Å². The van der Waals surface area contributed by atoms with E-state index in [2.05, 4.69) is 5.32 Å². The van der Waals surface area contributed by atoms with Crippen molar-refractivity contribution in [2.24, 2.45) is 0 Å². The molecule has 4 N–H and O–H groups in total. The molecule has 0 heterocycles. The third-order valence-electron chi connectivity index (χ3n) is 2.02. The first kappa shape index (κ1) is 10.9. The van der Waals surface area contributed by atoms with Gasteiger partial charge in [0, 0.05) is 11.6 Å². The van der Waals surface area contributed by atoms with Crippen LogP contribution in [-0.4, -0.2) is 18.8 Å². The maximum absolute atomic E-state index is 13.3. The van der Waals surface area contributed by atoms with Gasteiger partial charge in [-0.3, -0.25) is 0 Å². The Hall–Kier alpha value is -1.20. The van der Waals surface area contributed by atoms with Gasteiger partial charge < -0.3 is 16.2 Å². The molecule has 5 heteroatoms. The molecule has 0 spiro atoms. The number of benzene rings is 1. The molecule has 0 aliphatic rings. The number of rotatable bonds is 3. The van der Waals surface area contributed by atoms with Crippen molar-refractivity contribution in [2.45, 2.75) is 6.04 Å². The summed E-state index contributed by atoms with van der Waals surface area (Å²) in [5.74, 6) is -1.31. The highest BCUT2D eigenvalue weighted by Crippen LogP contribution is 2.21. The van der Waals surface area contributed by atoms with Gasteiger partial charge in [0.25, 0.3) is 0 Å². The van der Waals surface area contributed by atoms with E-state index >= 15 is 0 Å². The molecule has 1 aromatic carbocycles. The molecule has 0 fully saturated rings. The zero-order valence-electron chi connectivity index (χ0n) is 7.72. The molecule has 0 saturated carbocycles. The molecule has 0 unspecified atom stereocenters. The van der Waals surface area contributed by atoms with Gasteiger partial charge in [-0.25, -0.2) is 8.78 Å². The van der Waals surface area contributed by atoms with Crippen LogP contribution in [0.25, 0.3) is 0 Å². The van der Waals surface area contributed by atoms with Crippen LogP contribution in [0.15, 0.2) is 12.1 Å². The van der Waals surface area contributed by atoms with Crippen LogP contribution in [-0.2, 0) is 0 Å². The molecule has 14 heavy (non-hydrogen) atoms. The van der Waals surface area contributed by atoms with Gasteiger partial charge in [0.2, 0.25) is 0 Å². The maximum atomic E-state index is 13.3. The Bertz CT molecular complexity index is 327. The number of anilines is 1. The minimum atomic E-state index is -0.685. The molecule has 1 rings (SSSR count). The number of nitrogen functional groups attached to an aromatic ring is 1. The lowest BCUT2D eigenvalue weighted by Crippen LogP contribution is -2.21. The zero-order chi connectivity index (χ0) is 10.7. The van der Waals surface area contributed by atoms with Crippen molar-refractivity contribution in [1.82, 2.24) is 5.32 Å². The molecule has 0 aliphatic carbocycles. The molecule has 0 saturated heterocycles. The van der Waals surface area contributed by atoms with E-state index in [0.717, 1.165) is 12.1 Å². The van der Waals surface area contributed by atoms with Crippen LogP contribution in [0.4, 0.5) is 14.5 Å². The molecule has 0 amide bonds. The van der Waals surface area contributed by atoms with Crippen molar-refractivity contribution in [1.29, 1.82) is 0 Å². The molecular weight excluding hydrogens is 190 g/mol. The highest BCUT2D eigenvalue weighted by molar-refractivity contribution is 5.43.